The van der Waals surface area contributed by atoms with Crippen molar-refractivity contribution >= 4 is 38.4 Å². The molecule has 1 aliphatic rings. The first-order chi connectivity index (χ1) is 13.9. The van der Waals surface area contributed by atoms with Gasteiger partial charge in [0.1, 0.15) is 0 Å². The minimum Gasteiger partial charge on any atom is -0.369 e. The molecule has 154 valence electrons. The largest absolute Gasteiger partial charge is 0.369 e. The molecule has 0 unspecified atom stereocenters. The summed E-state index contributed by atoms with van der Waals surface area (Å²) >= 11 is 3.13. The number of benzene rings is 1. The molecule has 1 aliphatic heterocycles. The summed E-state index contributed by atoms with van der Waals surface area (Å²) in [6.45, 7) is 8.43. The van der Waals surface area contributed by atoms with Crippen LogP contribution in [0.1, 0.15) is 22.4 Å². The summed E-state index contributed by atoms with van der Waals surface area (Å²) in [5.41, 5.74) is 3.25. The molecule has 0 radical (unpaired) electrons. The van der Waals surface area contributed by atoms with E-state index in [1.54, 1.807) is 21.7 Å². The van der Waals surface area contributed by atoms with E-state index in [4.69, 9.17) is 0 Å². The highest BCUT2D eigenvalue weighted by Crippen LogP contribution is 2.35. The first-order valence-corrected chi connectivity index (χ1v) is 12.9. The van der Waals surface area contributed by atoms with Crippen LogP contribution in [-0.2, 0) is 16.4 Å². The van der Waals surface area contributed by atoms with Crippen molar-refractivity contribution in [3.63, 3.8) is 0 Å². The number of aryl methyl sites for hydroxylation is 3. The van der Waals surface area contributed by atoms with Gasteiger partial charge in [0.05, 0.1) is 20.5 Å². The normalized spacial score (nSPS) is 15.8. The van der Waals surface area contributed by atoms with Crippen LogP contribution in [0.5, 0.6) is 0 Å². The average molecular weight is 448 g/mol. The number of thiophene rings is 1. The lowest BCUT2D eigenvalue weighted by Gasteiger charge is -2.35. The number of hydrogen-bond acceptors (Lipinski definition) is 6. The van der Waals surface area contributed by atoms with E-state index < -0.39 is 10.0 Å². The molecule has 3 heterocycles. The molecule has 1 aromatic carbocycles. The van der Waals surface area contributed by atoms with Gasteiger partial charge in [0, 0.05) is 42.1 Å². The van der Waals surface area contributed by atoms with E-state index in [1.165, 1.54) is 16.9 Å². The molecule has 0 aliphatic carbocycles. The summed E-state index contributed by atoms with van der Waals surface area (Å²) in [6, 6.07) is 10.2. The van der Waals surface area contributed by atoms with Crippen molar-refractivity contribution < 1.29 is 8.42 Å². The topological polar surface area (TPSA) is 53.5 Å². The summed E-state index contributed by atoms with van der Waals surface area (Å²) < 4.78 is 28.2. The molecular weight excluding hydrogens is 422 g/mol. The van der Waals surface area contributed by atoms with Crippen LogP contribution in [0.4, 0.5) is 5.69 Å². The number of aromatic nitrogens is 1. The van der Waals surface area contributed by atoms with Crippen LogP contribution < -0.4 is 4.90 Å². The highest BCUT2D eigenvalue weighted by atomic mass is 32.2. The molecule has 0 N–H and O–H groups in total. The van der Waals surface area contributed by atoms with E-state index in [2.05, 4.69) is 41.9 Å². The van der Waals surface area contributed by atoms with Crippen LogP contribution in [0.15, 0.2) is 40.6 Å². The standard InChI is InChI=1S/C21H25N3O2S3/c1-4-21-22-18(14-27-21)19-13-20(16(3)28-19)29(25,26)24-10-8-23(9-11-24)17-7-5-6-15(2)12-17/h5-7,12-14H,4,8-11H2,1-3H3. The van der Waals surface area contributed by atoms with Crippen LogP contribution in [0.3, 0.4) is 0 Å². The molecular formula is C21H25N3O2S3. The Balaban J connectivity index is 1.52. The summed E-state index contributed by atoms with van der Waals surface area (Å²) in [7, 11) is -3.50. The van der Waals surface area contributed by atoms with Gasteiger partial charge in [0.15, 0.2) is 0 Å². The summed E-state index contributed by atoms with van der Waals surface area (Å²) in [6.07, 6.45) is 0.894. The molecule has 0 spiro atoms. The molecule has 4 rings (SSSR count). The van der Waals surface area contributed by atoms with Crippen LogP contribution in [-0.4, -0.2) is 43.9 Å². The van der Waals surface area contributed by atoms with Gasteiger partial charge in [-0.05, 0) is 44.0 Å². The molecule has 0 atom stereocenters. The maximum absolute atomic E-state index is 13.3. The number of sulfonamides is 1. The number of anilines is 1. The first-order valence-electron chi connectivity index (χ1n) is 9.75. The van der Waals surface area contributed by atoms with Gasteiger partial charge in [-0.3, -0.25) is 0 Å². The summed E-state index contributed by atoms with van der Waals surface area (Å²) in [4.78, 5) is 9.04. The lowest BCUT2D eigenvalue weighted by Crippen LogP contribution is -2.48. The van der Waals surface area contributed by atoms with E-state index in [1.807, 2.05) is 18.4 Å². The predicted octanol–water partition coefficient (Wildman–Crippen LogP) is 4.56. The molecule has 8 heteroatoms. The molecule has 1 saturated heterocycles. The highest BCUT2D eigenvalue weighted by molar-refractivity contribution is 7.89. The Morgan fingerprint density at radius 3 is 2.52 bits per heavy atom. The zero-order valence-electron chi connectivity index (χ0n) is 16.9. The van der Waals surface area contributed by atoms with Gasteiger partial charge in [-0.2, -0.15) is 4.31 Å². The van der Waals surface area contributed by atoms with Crippen molar-refractivity contribution in [2.45, 2.75) is 32.1 Å². The predicted molar refractivity (Wildman–Crippen MR) is 122 cm³/mol. The van der Waals surface area contributed by atoms with E-state index in [0.717, 1.165) is 32.6 Å². The maximum atomic E-state index is 13.3. The van der Waals surface area contributed by atoms with Crippen molar-refractivity contribution in [2.24, 2.45) is 0 Å². The Labute approximate surface area is 180 Å². The minimum atomic E-state index is -3.50. The number of rotatable bonds is 5. The highest BCUT2D eigenvalue weighted by Gasteiger charge is 2.31. The fraction of sp³-hybridized carbons (Fsp3) is 0.381. The molecule has 0 saturated carbocycles. The molecule has 5 nitrogen and oxygen atoms in total. The Morgan fingerprint density at radius 2 is 1.86 bits per heavy atom. The molecule has 2 aromatic heterocycles. The van der Waals surface area contributed by atoms with Gasteiger partial charge in [0.25, 0.3) is 0 Å². The molecule has 29 heavy (non-hydrogen) atoms. The van der Waals surface area contributed by atoms with Gasteiger partial charge < -0.3 is 4.90 Å². The fourth-order valence-electron chi connectivity index (χ4n) is 3.58. The second kappa shape index (κ2) is 8.18. The monoisotopic (exact) mass is 447 g/mol. The van der Waals surface area contributed by atoms with E-state index in [9.17, 15) is 8.42 Å². The molecule has 0 amide bonds. The molecule has 0 bridgehead atoms. The smallest absolute Gasteiger partial charge is 0.244 e. The Bertz CT molecular complexity index is 1110. The zero-order valence-corrected chi connectivity index (χ0v) is 19.3. The third-order valence-electron chi connectivity index (χ3n) is 5.20. The second-order valence-corrected chi connectivity index (χ2v) is 11.3. The fourth-order valence-corrected chi connectivity index (χ4v) is 7.35. The van der Waals surface area contributed by atoms with E-state index >= 15 is 0 Å². The third kappa shape index (κ3) is 4.12. The quantitative estimate of drug-likeness (QED) is 0.575. The third-order valence-corrected chi connectivity index (χ3v) is 9.42. The number of thiazole rings is 1. The second-order valence-electron chi connectivity index (χ2n) is 7.24. The van der Waals surface area contributed by atoms with Crippen LogP contribution in [0.25, 0.3) is 10.6 Å². The number of piperazine rings is 1. The first kappa shape index (κ1) is 20.5. The summed E-state index contributed by atoms with van der Waals surface area (Å²) in [5, 5.41) is 3.09. The lowest BCUT2D eigenvalue weighted by molar-refractivity contribution is 0.385. The average Bonchev–Trinajstić information content (AvgIpc) is 3.35. The van der Waals surface area contributed by atoms with Crippen LogP contribution in [0.2, 0.25) is 0 Å². The van der Waals surface area contributed by atoms with Gasteiger partial charge in [-0.1, -0.05) is 19.1 Å². The number of nitrogens with zero attached hydrogens (tertiary/aromatic N) is 3. The van der Waals surface area contributed by atoms with Crippen molar-refractivity contribution in [3.8, 4) is 10.6 Å². The lowest BCUT2D eigenvalue weighted by atomic mass is 10.2. The van der Waals surface area contributed by atoms with E-state index in [-0.39, 0.29) is 0 Å². The van der Waals surface area contributed by atoms with Gasteiger partial charge in [-0.15, -0.1) is 22.7 Å². The van der Waals surface area contributed by atoms with Crippen molar-refractivity contribution in [1.82, 2.24) is 9.29 Å². The van der Waals surface area contributed by atoms with Crippen LogP contribution in [0, 0.1) is 13.8 Å². The van der Waals surface area contributed by atoms with Crippen molar-refractivity contribution in [3.05, 3.63) is 51.2 Å². The van der Waals surface area contributed by atoms with Crippen LogP contribution >= 0.6 is 22.7 Å². The molecule has 3 aromatic rings. The summed E-state index contributed by atoms with van der Waals surface area (Å²) in [5.74, 6) is 0. The SMILES string of the molecule is CCc1nc(-c2cc(S(=O)(=O)N3CCN(c4cccc(C)c4)CC3)c(C)s2)cs1. The van der Waals surface area contributed by atoms with Crippen molar-refractivity contribution in [1.29, 1.82) is 0 Å². The Hall–Kier alpha value is -1.74. The van der Waals surface area contributed by atoms with E-state index in [0.29, 0.717) is 31.1 Å². The van der Waals surface area contributed by atoms with Gasteiger partial charge in [-0.25, -0.2) is 13.4 Å². The molecule has 1 fully saturated rings. The Kier molecular flexibility index (Phi) is 5.79. The Morgan fingerprint density at radius 1 is 1.10 bits per heavy atom. The van der Waals surface area contributed by atoms with Gasteiger partial charge >= 0.3 is 0 Å². The van der Waals surface area contributed by atoms with Crippen molar-refractivity contribution in [2.75, 3.05) is 31.1 Å². The maximum Gasteiger partial charge on any atom is 0.244 e. The minimum absolute atomic E-state index is 0.424. The van der Waals surface area contributed by atoms with Gasteiger partial charge in [0.2, 0.25) is 10.0 Å². The number of hydrogen-bond donors (Lipinski definition) is 0. The zero-order chi connectivity index (χ0) is 20.6.